The Morgan fingerprint density at radius 1 is 1.15 bits per heavy atom. The molecule has 0 bridgehead atoms. The number of rotatable bonds is 3. The fraction of sp³-hybridized carbons (Fsp3) is 0.0667. The van der Waals surface area contributed by atoms with E-state index in [4.69, 9.17) is 10.3 Å². The highest BCUT2D eigenvalue weighted by molar-refractivity contribution is 14.1. The number of hydrazine groups is 1. The molecule has 3 N–H and O–H groups in total. The number of hydrogen-bond acceptors (Lipinski definition) is 3. The van der Waals surface area contributed by atoms with Crippen LogP contribution in [0.25, 0.3) is 11.0 Å². The summed E-state index contributed by atoms with van der Waals surface area (Å²) in [7, 11) is 0. The zero-order valence-corrected chi connectivity index (χ0v) is 12.6. The maximum absolute atomic E-state index is 13.2. The van der Waals surface area contributed by atoms with Crippen LogP contribution in [0.1, 0.15) is 17.4 Å². The predicted molar refractivity (Wildman–Crippen MR) is 84.5 cm³/mol. The maximum Gasteiger partial charge on any atom is 0.134 e. The molecule has 1 heterocycles. The smallest absolute Gasteiger partial charge is 0.134 e. The van der Waals surface area contributed by atoms with Gasteiger partial charge in [0, 0.05) is 8.96 Å². The van der Waals surface area contributed by atoms with Crippen LogP contribution in [0.2, 0.25) is 0 Å². The van der Waals surface area contributed by atoms with Crippen molar-refractivity contribution in [2.75, 3.05) is 0 Å². The number of benzene rings is 2. The molecule has 20 heavy (non-hydrogen) atoms. The van der Waals surface area contributed by atoms with Gasteiger partial charge in [0.25, 0.3) is 0 Å². The summed E-state index contributed by atoms with van der Waals surface area (Å²) in [4.78, 5) is 0. The third-order valence-electron chi connectivity index (χ3n) is 3.16. The summed E-state index contributed by atoms with van der Waals surface area (Å²) in [5.74, 6) is 6.05. The second kappa shape index (κ2) is 5.51. The van der Waals surface area contributed by atoms with E-state index in [0.29, 0.717) is 11.3 Å². The minimum Gasteiger partial charge on any atom is -0.459 e. The molecule has 1 unspecified atom stereocenters. The molecule has 5 heteroatoms. The summed E-state index contributed by atoms with van der Waals surface area (Å²) < 4.78 is 20.1. The first-order chi connectivity index (χ1) is 9.69. The molecule has 3 aromatic rings. The summed E-state index contributed by atoms with van der Waals surface area (Å²) >= 11 is 2.25. The van der Waals surface area contributed by atoms with Gasteiger partial charge in [-0.1, -0.05) is 18.2 Å². The van der Waals surface area contributed by atoms with Crippen LogP contribution < -0.4 is 11.3 Å². The minimum atomic E-state index is -0.281. The SMILES string of the molecule is NNC(c1cc2cc(F)ccc2o1)c1ccccc1I. The molecule has 0 aliphatic rings. The van der Waals surface area contributed by atoms with Gasteiger partial charge in [-0.05, 0) is 58.5 Å². The van der Waals surface area contributed by atoms with Crippen LogP contribution in [-0.2, 0) is 0 Å². The van der Waals surface area contributed by atoms with Gasteiger partial charge in [0.1, 0.15) is 23.2 Å². The van der Waals surface area contributed by atoms with E-state index < -0.39 is 0 Å². The van der Waals surface area contributed by atoms with Crippen LogP contribution in [0.3, 0.4) is 0 Å². The van der Waals surface area contributed by atoms with E-state index >= 15 is 0 Å². The molecule has 0 spiro atoms. The third-order valence-corrected chi connectivity index (χ3v) is 4.15. The molecular weight excluding hydrogens is 370 g/mol. The summed E-state index contributed by atoms with van der Waals surface area (Å²) in [5, 5.41) is 0.728. The number of nitrogens with one attached hydrogen (secondary N) is 1. The second-order valence-electron chi connectivity index (χ2n) is 4.45. The van der Waals surface area contributed by atoms with Crippen LogP contribution in [0.15, 0.2) is 52.9 Å². The first-order valence-corrected chi connectivity index (χ1v) is 7.16. The quantitative estimate of drug-likeness (QED) is 0.412. The zero-order valence-electron chi connectivity index (χ0n) is 10.4. The Hall–Kier alpha value is -1.44. The van der Waals surface area contributed by atoms with E-state index in [1.807, 2.05) is 30.3 Å². The lowest BCUT2D eigenvalue weighted by Crippen LogP contribution is -2.29. The van der Waals surface area contributed by atoms with E-state index in [0.717, 1.165) is 14.5 Å². The van der Waals surface area contributed by atoms with Gasteiger partial charge in [-0.3, -0.25) is 5.84 Å². The molecule has 102 valence electrons. The predicted octanol–water partition coefficient (Wildman–Crippen LogP) is 3.73. The Morgan fingerprint density at radius 2 is 1.95 bits per heavy atom. The van der Waals surface area contributed by atoms with Crippen LogP contribution in [0.5, 0.6) is 0 Å². The molecule has 0 saturated carbocycles. The standard InChI is InChI=1S/C15H12FIN2O/c16-10-5-6-13-9(7-10)8-14(20-13)15(19-18)11-3-1-2-4-12(11)17/h1-8,15,19H,18H2. The molecule has 0 aliphatic heterocycles. The summed E-state index contributed by atoms with van der Waals surface area (Å²) in [5.41, 5.74) is 4.43. The molecule has 3 rings (SSSR count). The largest absolute Gasteiger partial charge is 0.459 e. The highest BCUT2D eigenvalue weighted by Gasteiger charge is 2.19. The summed E-state index contributed by atoms with van der Waals surface area (Å²) in [6.45, 7) is 0. The van der Waals surface area contributed by atoms with Crippen LogP contribution >= 0.6 is 22.6 Å². The highest BCUT2D eigenvalue weighted by atomic mass is 127. The van der Waals surface area contributed by atoms with Crippen molar-refractivity contribution in [3.8, 4) is 0 Å². The molecule has 3 nitrogen and oxygen atoms in total. The molecule has 0 amide bonds. The van der Waals surface area contributed by atoms with Crippen molar-refractivity contribution >= 4 is 33.6 Å². The van der Waals surface area contributed by atoms with Gasteiger partial charge < -0.3 is 4.42 Å². The first kappa shape index (κ1) is 13.5. The van der Waals surface area contributed by atoms with Crippen molar-refractivity contribution in [1.82, 2.24) is 5.43 Å². The summed E-state index contributed by atoms with van der Waals surface area (Å²) in [6, 6.07) is 13.9. The van der Waals surface area contributed by atoms with Crippen molar-refractivity contribution in [2.24, 2.45) is 5.84 Å². The van der Waals surface area contributed by atoms with Crippen molar-refractivity contribution in [2.45, 2.75) is 6.04 Å². The Labute approximate surface area is 129 Å². The van der Waals surface area contributed by atoms with Crippen molar-refractivity contribution < 1.29 is 8.81 Å². The van der Waals surface area contributed by atoms with Gasteiger partial charge in [-0.2, -0.15) is 0 Å². The average Bonchev–Trinajstić information content (AvgIpc) is 2.84. The Morgan fingerprint density at radius 3 is 2.70 bits per heavy atom. The minimum absolute atomic E-state index is 0.265. The molecular formula is C15H12FIN2O. The van der Waals surface area contributed by atoms with Crippen LogP contribution in [-0.4, -0.2) is 0 Å². The maximum atomic E-state index is 13.2. The lowest BCUT2D eigenvalue weighted by atomic mass is 10.1. The number of furan rings is 1. The fourth-order valence-electron chi connectivity index (χ4n) is 2.21. The number of hydrogen-bond donors (Lipinski definition) is 2. The van der Waals surface area contributed by atoms with Crippen LogP contribution in [0.4, 0.5) is 4.39 Å². The van der Waals surface area contributed by atoms with Gasteiger partial charge in [-0.25, -0.2) is 9.82 Å². The lowest BCUT2D eigenvalue weighted by Gasteiger charge is -2.15. The molecule has 2 aromatic carbocycles. The summed E-state index contributed by atoms with van der Waals surface area (Å²) in [6.07, 6.45) is 0. The Balaban J connectivity index is 2.10. The molecule has 0 saturated heterocycles. The number of fused-ring (bicyclic) bond motifs is 1. The topological polar surface area (TPSA) is 51.2 Å². The molecule has 1 atom stereocenters. The average molecular weight is 382 g/mol. The van der Waals surface area contributed by atoms with Gasteiger partial charge in [-0.15, -0.1) is 0 Å². The van der Waals surface area contributed by atoms with E-state index in [2.05, 4.69) is 28.0 Å². The normalized spacial score (nSPS) is 12.8. The Bertz CT molecular complexity index is 756. The fourth-order valence-corrected chi connectivity index (χ4v) is 2.91. The van der Waals surface area contributed by atoms with Crippen molar-refractivity contribution in [3.05, 3.63) is 69.2 Å². The third kappa shape index (κ3) is 2.44. The van der Waals surface area contributed by atoms with Crippen molar-refractivity contribution in [1.29, 1.82) is 0 Å². The van der Waals surface area contributed by atoms with Crippen molar-refractivity contribution in [3.63, 3.8) is 0 Å². The van der Waals surface area contributed by atoms with Gasteiger partial charge >= 0.3 is 0 Å². The van der Waals surface area contributed by atoms with Crippen LogP contribution in [0, 0.1) is 9.39 Å². The monoisotopic (exact) mass is 382 g/mol. The lowest BCUT2D eigenvalue weighted by molar-refractivity contribution is 0.476. The van der Waals surface area contributed by atoms with E-state index in [1.165, 1.54) is 12.1 Å². The second-order valence-corrected chi connectivity index (χ2v) is 5.61. The molecule has 0 aliphatic carbocycles. The van der Waals surface area contributed by atoms with Gasteiger partial charge in [0.2, 0.25) is 0 Å². The zero-order chi connectivity index (χ0) is 14.1. The van der Waals surface area contributed by atoms with E-state index in [9.17, 15) is 4.39 Å². The van der Waals surface area contributed by atoms with Gasteiger partial charge in [0.15, 0.2) is 0 Å². The first-order valence-electron chi connectivity index (χ1n) is 6.08. The number of nitrogens with two attached hydrogens (primary N) is 1. The highest BCUT2D eigenvalue weighted by Crippen LogP contribution is 2.30. The van der Waals surface area contributed by atoms with E-state index in [1.54, 1.807) is 6.07 Å². The van der Waals surface area contributed by atoms with E-state index in [-0.39, 0.29) is 11.9 Å². The Kier molecular flexibility index (Phi) is 3.73. The molecule has 1 aromatic heterocycles. The van der Waals surface area contributed by atoms with Gasteiger partial charge in [0.05, 0.1) is 0 Å². The molecule has 0 radical (unpaired) electrons. The molecule has 0 fully saturated rings. The number of halogens is 2.